The van der Waals surface area contributed by atoms with Crippen LogP contribution >= 0.6 is 0 Å². The third-order valence-electron chi connectivity index (χ3n) is 3.89. The molecule has 2 rings (SSSR count). The normalized spacial score (nSPS) is 19.4. The van der Waals surface area contributed by atoms with Crippen LogP contribution in [0, 0.1) is 11.8 Å². The molecule has 1 aromatic carbocycles. The van der Waals surface area contributed by atoms with E-state index in [1.54, 1.807) is 29.2 Å². The van der Waals surface area contributed by atoms with Crippen LogP contribution in [-0.2, 0) is 9.59 Å². The summed E-state index contributed by atoms with van der Waals surface area (Å²) < 4.78 is 0. The van der Waals surface area contributed by atoms with Gasteiger partial charge in [-0.3, -0.25) is 14.4 Å². The average molecular weight is 304 g/mol. The van der Waals surface area contributed by atoms with Crippen LogP contribution in [0.5, 0.6) is 0 Å². The maximum absolute atomic E-state index is 12.1. The van der Waals surface area contributed by atoms with Crippen molar-refractivity contribution in [1.29, 1.82) is 0 Å². The molecule has 0 saturated heterocycles. The third-order valence-corrected chi connectivity index (χ3v) is 3.89. The van der Waals surface area contributed by atoms with E-state index in [9.17, 15) is 14.4 Å². The molecule has 0 bridgehead atoms. The number of carboxylic acids is 1. The second kappa shape index (κ2) is 6.60. The van der Waals surface area contributed by atoms with Gasteiger partial charge in [-0.25, -0.2) is 0 Å². The fourth-order valence-corrected chi connectivity index (χ4v) is 2.38. The van der Waals surface area contributed by atoms with Gasteiger partial charge in [0.05, 0.1) is 11.8 Å². The lowest BCUT2D eigenvalue weighted by molar-refractivity contribution is -0.139. The summed E-state index contributed by atoms with van der Waals surface area (Å²) in [4.78, 5) is 36.5. The van der Waals surface area contributed by atoms with Crippen LogP contribution in [0.3, 0.4) is 0 Å². The van der Waals surface area contributed by atoms with Crippen LogP contribution in [0.4, 0.5) is 5.69 Å². The molecule has 22 heavy (non-hydrogen) atoms. The molecule has 2 atom stereocenters. The summed E-state index contributed by atoms with van der Waals surface area (Å²) in [6, 6.07) is 6.65. The number of carbonyl (C=O) groups excluding carboxylic acids is 2. The van der Waals surface area contributed by atoms with Gasteiger partial charge >= 0.3 is 5.97 Å². The second-order valence-electron chi connectivity index (χ2n) is 5.33. The number of nitrogens with zero attached hydrogens (tertiary/aromatic N) is 1. The molecule has 118 valence electrons. The van der Waals surface area contributed by atoms with Crippen molar-refractivity contribution in [2.24, 2.45) is 11.8 Å². The number of benzene rings is 1. The molecule has 1 aromatic rings. The lowest BCUT2D eigenvalue weighted by Crippen LogP contribution is -2.30. The first kappa shape index (κ1) is 16.0. The topological polar surface area (TPSA) is 86.7 Å². The fourth-order valence-electron chi connectivity index (χ4n) is 2.38. The van der Waals surface area contributed by atoms with Gasteiger partial charge in [0.15, 0.2) is 0 Å². The number of hydrogen-bond acceptors (Lipinski definition) is 3. The Balaban J connectivity index is 1.96. The lowest BCUT2D eigenvalue weighted by atomic mass is 10.1. The Labute approximate surface area is 129 Å². The smallest absolute Gasteiger partial charge is 0.307 e. The van der Waals surface area contributed by atoms with Crippen molar-refractivity contribution in [3.05, 3.63) is 29.8 Å². The molecule has 1 aliphatic carbocycles. The summed E-state index contributed by atoms with van der Waals surface area (Å²) in [5.41, 5.74) is 1.13. The molecule has 0 aromatic heterocycles. The largest absolute Gasteiger partial charge is 0.481 e. The number of carbonyl (C=O) groups is 3. The Bertz CT molecular complexity index is 578. The van der Waals surface area contributed by atoms with Gasteiger partial charge in [-0.15, -0.1) is 0 Å². The van der Waals surface area contributed by atoms with Gasteiger partial charge in [0.2, 0.25) is 5.91 Å². The molecule has 0 aliphatic heterocycles. The van der Waals surface area contributed by atoms with Gasteiger partial charge in [0.1, 0.15) is 0 Å². The molecule has 0 spiro atoms. The molecule has 6 nitrogen and oxygen atoms in total. The molecular weight excluding hydrogens is 284 g/mol. The van der Waals surface area contributed by atoms with E-state index in [0.29, 0.717) is 30.8 Å². The Morgan fingerprint density at radius 2 is 1.73 bits per heavy atom. The van der Waals surface area contributed by atoms with E-state index >= 15 is 0 Å². The Hall–Kier alpha value is -2.37. The van der Waals surface area contributed by atoms with Crippen molar-refractivity contribution >= 4 is 23.5 Å². The zero-order chi connectivity index (χ0) is 16.3. The third kappa shape index (κ3) is 3.44. The zero-order valence-electron chi connectivity index (χ0n) is 12.7. The highest BCUT2D eigenvalue weighted by atomic mass is 16.4. The Morgan fingerprint density at radius 3 is 2.18 bits per heavy atom. The SMILES string of the molecule is CCN(CC)C(=O)c1ccc(NC(=O)C2CC2C(=O)O)cc1. The maximum atomic E-state index is 12.1. The summed E-state index contributed by atoms with van der Waals surface area (Å²) in [5.74, 6) is -2.27. The van der Waals surface area contributed by atoms with Gasteiger partial charge in [0.25, 0.3) is 5.91 Å². The van der Waals surface area contributed by atoms with Crippen molar-refractivity contribution in [1.82, 2.24) is 4.90 Å². The van der Waals surface area contributed by atoms with Crippen molar-refractivity contribution in [3.63, 3.8) is 0 Å². The molecule has 1 aliphatic rings. The number of anilines is 1. The van der Waals surface area contributed by atoms with Gasteiger partial charge in [-0.1, -0.05) is 0 Å². The van der Waals surface area contributed by atoms with Gasteiger partial charge in [-0.2, -0.15) is 0 Å². The van der Waals surface area contributed by atoms with E-state index in [2.05, 4.69) is 5.32 Å². The number of carboxylic acid groups (broad SMARTS) is 1. The minimum atomic E-state index is -0.930. The van der Waals surface area contributed by atoms with Crippen LogP contribution in [-0.4, -0.2) is 40.9 Å². The quantitative estimate of drug-likeness (QED) is 0.839. The van der Waals surface area contributed by atoms with E-state index in [4.69, 9.17) is 5.11 Å². The molecule has 2 amide bonds. The van der Waals surface area contributed by atoms with Gasteiger partial charge < -0.3 is 15.3 Å². The Kier molecular flexibility index (Phi) is 4.80. The first-order valence-corrected chi connectivity index (χ1v) is 7.40. The zero-order valence-corrected chi connectivity index (χ0v) is 12.7. The second-order valence-corrected chi connectivity index (χ2v) is 5.33. The van der Waals surface area contributed by atoms with Crippen LogP contribution < -0.4 is 5.32 Å². The summed E-state index contributed by atoms with van der Waals surface area (Å²) in [6.45, 7) is 5.13. The summed E-state index contributed by atoms with van der Waals surface area (Å²) in [6.07, 6.45) is 0.389. The number of aliphatic carboxylic acids is 1. The minimum absolute atomic E-state index is 0.0454. The number of hydrogen-bond donors (Lipinski definition) is 2. The standard InChI is InChI=1S/C16H20N2O4/c1-3-18(4-2)15(20)10-5-7-11(8-6-10)17-14(19)12-9-13(12)16(21)22/h5-8,12-13H,3-4,9H2,1-2H3,(H,17,19)(H,21,22). The van der Waals surface area contributed by atoms with E-state index in [1.165, 1.54) is 0 Å². The van der Waals surface area contributed by atoms with E-state index in [1.807, 2.05) is 13.8 Å². The highest BCUT2D eigenvalue weighted by Crippen LogP contribution is 2.39. The van der Waals surface area contributed by atoms with Gasteiger partial charge in [-0.05, 0) is 44.5 Å². The molecule has 2 N–H and O–H groups in total. The van der Waals surface area contributed by atoms with Gasteiger partial charge in [0, 0.05) is 24.3 Å². The van der Waals surface area contributed by atoms with E-state index < -0.39 is 17.8 Å². The van der Waals surface area contributed by atoms with Crippen molar-refractivity contribution in [2.75, 3.05) is 18.4 Å². The highest BCUT2D eigenvalue weighted by Gasteiger charge is 2.48. The average Bonchev–Trinajstić information content (AvgIpc) is 3.30. The van der Waals surface area contributed by atoms with Crippen LogP contribution in [0.15, 0.2) is 24.3 Å². The molecule has 1 fully saturated rings. The maximum Gasteiger partial charge on any atom is 0.307 e. The molecule has 1 saturated carbocycles. The van der Waals surface area contributed by atoms with Crippen molar-refractivity contribution in [3.8, 4) is 0 Å². The number of nitrogens with one attached hydrogen (secondary N) is 1. The molecule has 0 heterocycles. The predicted molar refractivity (Wildman–Crippen MR) is 81.6 cm³/mol. The first-order valence-electron chi connectivity index (χ1n) is 7.40. The van der Waals surface area contributed by atoms with Crippen molar-refractivity contribution in [2.45, 2.75) is 20.3 Å². The van der Waals surface area contributed by atoms with E-state index in [0.717, 1.165) is 0 Å². The number of amides is 2. The lowest BCUT2D eigenvalue weighted by Gasteiger charge is -2.18. The van der Waals surface area contributed by atoms with Crippen LogP contribution in [0.1, 0.15) is 30.6 Å². The molecular formula is C16H20N2O4. The fraction of sp³-hybridized carbons (Fsp3) is 0.438. The van der Waals surface area contributed by atoms with E-state index in [-0.39, 0.29) is 11.8 Å². The van der Waals surface area contributed by atoms with Crippen molar-refractivity contribution < 1.29 is 19.5 Å². The monoisotopic (exact) mass is 304 g/mol. The predicted octanol–water partition coefficient (Wildman–Crippen LogP) is 1.83. The molecule has 2 unspecified atom stereocenters. The molecule has 0 radical (unpaired) electrons. The summed E-state index contributed by atoms with van der Waals surface area (Å²) in [7, 11) is 0. The first-order chi connectivity index (χ1) is 10.5. The summed E-state index contributed by atoms with van der Waals surface area (Å²) in [5, 5.41) is 11.5. The highest BCUT2D eigenvalue weighted by molar-refractivity contribution is 5.99. The number of rotatable bonds is 6. The minimum Gasteiger partial charge on any atom is -0.481 e. The van der Waals surface area contributed by atoms with Crippen LogP contribution in [0.25, 0.3) is 0 Å². The Morgan fingerprint density at radius 1 is 1.14 bits per heavy atom. The summed E-state index contributed by atoms with van der Waals surface area (Å²) >= 11 is 0. The molecule has 6 heteroatoms. The van der Waals surface area contributed by atoms with Crippen LogP contribution in [0.2, 0.25) is 0 Å².